The predicted molar refractivity (Wildman–Crippen MR) is 62.5 cm³/mol. The smallest absolute Gasteiger partial charge is 0.120 e. The molecule has 0 aliphatic rings. The van der Waals surface area contributed by atoms with Gasteiger partial charge in [-0.15, -0.1) is 0 Å². The van der Waals surface area contributed by atoms with Crippen LogP contribution >= 0.6 is 0 Å². The lowest BCUT2D eigenvalue weighted by atomic mass is 10.2. The Labute approximate surface area is 92.2 Å². The second kappa shape index (κ2) is 5.33. The molecule has 0 aromatic carbocycles. The molecule has 2 N–H and O–H groups in total. The van der Waals surface area contributed by atoms with Crippen molar-refractivity contribution in [3.63, 3.8) is 0 Å². The highest BCUT2D eigenvalue weighted by Crippen LogP contribution is 2.15. The third kappa shape index (κ3) is 3.68. The maximum Gasteiger partial charge on any atom is 0.120 e. The fourth-order valence-electron chi connectivity index (χ4n) is 1.82. The van der Waals surface area contributed by atoms with Crippen LogP contribution in [0, 0.1) is 12.8 Å². The van der Waals surface area contributed by atoms with E-state index in [2.05, 4.69) is 31.9 Å². The molecular weight excluding hydrogens is 188 g/mol. The molecule has 0 bridgehead atoms. The molecule has 0 aliphatic heterocycles. The minimum absolute atomic E-state index is 0.486. The van der Waals surface area contributed by atoms with Crippen molar-refractivity contribution in [2.24, 2.45) is 11.7 Å². The first-order valence-corrected chi connectivity index (χ1v) is 5.49. The lowest BCUT2D eigenvalue weighted by Crippen LogP contribution is -2.22. The summed E-state index contributed by atoms with van der Waals surface area (Å²) in [4.78, 5) is 2.27. The van der Waals surface area contributed by atoms with Gasteiger partial charge in [-0.2, -0.15) is 0 Å². The van der Waals surface area contributed by atoms with Crippen LogP contribution in [0.4, 0.5) is 0 Å². The maximum atomic E-state index is 5.65. The summed E-state index contributed by atoms with van der Waals surface area (Å²) in [5, 5.41) is 0. The molecule has 0 atom stereocenters. The molecule has 1 aromatic rings. The predicted octanol–water partition coefficient (Wildman–Crippen LogP) is 2.13. The van der Waals surface area contributed by atoms with Crippen molar-refractivity contribution in [3.05, 3.63) is 23.2 Å². The van der Waals surface area contributed by atoms with Gasteiger partial charge < -0.3 is 10.2 Å². The average molecular weight is 210 g/mol. The SMILES string of the molecule is Cc1cc(CN(C)CC(C)C)oc1CN. The van der Waals surface area contributed by atoms with Gasteiger partial charge in [0.05, 0.1) is 13.1 Å². The highest BCUT2D eigenvalue weighted by atomic mass is 16.3. The van der Waals surface area contributed by atoms with Gasteiger partial charge in [-0.3, -0.25) is 4.90 Å². The summed E-state index contributed by atoms with van der Waals surface area (Å²) in [5.74, 6) is 2.60. The van der Waals surface area contributed by atoms with E-state index in [4.69, 9.17) is 10.2 Å². The molecule has 86 valence electrons. The van der Waals surface area contributed by atoms with Crippen molar-refractivity contribution in [3.8, 4) is 0 Å². The summed E-state index contributed by atoms with van der Waals surface area (Å²) in [5.41, 5.74) is 6.73. The lowest BCUT2D eigenvalue weighted by Gasteiger charge is -2.17. The quantitative estimate of drug-likeness (QED) is 0.809. The molecule has 0 saturated carbocycles. The zero-order chi connectivity index (χ0) is 11.4. The van der Waals surface area contributed by atoms with Crippen LogP contribution in [0.25, 0.3) is 0 Å². The number of hydrogen-bond donors (Lipinski definition) is 1. The number of hydrogen-bond acceptors (Lipinski definition) is 3. The van der Waals surface area contributed by atoms with Crippen molar-refractivity contribution in [1.29, 1.82) is 0 Å². The van der Waals surface area contributed by atoms with Gasteiger partial charge in [0.1, 0.15) is 11.5 Å². The number of rotatable bonds is 5. The van der Waals surface area contributed by atoms with Crippen LogP contribution < -0.4 is 5.73 Å². The monoisotopic (exact) mass is 210 g/mol. The molecule has 0 spiro atoms. The molecule has 3 nitrogen and oxygen atoms in total. The van der Waals surface area contributed by atoms with Crippen LogP contribution in [-0.4, -0.2) is 18.5 Å². The van der Waals surface area contributed by atoms with Gasteiger partial charge in [-0.1, -0.05) is 13.8 Å². The summed E-state index contributed by atoms with van der Waals surface area (Å²) in [7, 11) is 2.11. The van der Waals surface area contributed by atoms with Crippen molar-refractivity contribution in [2.75, 3.05) is 13.6 Å². The van der Waals surface area contributed by atoms with Gasteiger partial charge in [-0.05, 0) is 31.5 Å². The van der Waals surface area contributed by atoms with Crippen molar-refractivity contribution in [1.82, 2.24) is 4.90 Å². The van der Waals surface area contributed by atoms with Crippen LogP contribution in [0.1, 0.15) is 30.9 Å². The van der Waals surface area contributed by atoms with E-state index in [1.54, 1.807) is 0 Å². The number of nitrogens with two attached hydrogens (primary N) is 1. The summed E-state index contributed by atoms with van der Waals surface area (Å²) < 4.78 is 5.65. The molecule has 0 saturated heterocycles. The van der Waals surface area contributed by atoms with Crippen LogP contribution in [0.3, 0.4) is 0 Å². The van der Waals surface area contributed by atoms with E-state index in [0.29, 0.717) is 12.5 Å². The van der Waals surface area contributed by atoms with Crippen LogP contribution in [0.5, 0.6) is 0 Å². The first kappa shape index (κ1) is 12.3. The molecule has 1 aromatic heterocycles. The molecule has 3 heteroatoms. The summed E-state index contributed by atoms with van der Waals surface area (Å²) in [6.45, 7) is 8.90. The number of aryl methyl sites for hydroxylation is 1. The lowest BCUT2D eigenvalue weighted by molar-refractivity contribution is 0.262. The second-order valence-corrected chi connectivity index (χ2v) is 4.61. The van der Waals surface area contributed by atoms with E-state index in [9.17, 15) is 0 Å². The van der Waals surface area contributed by atoms with E-state index in [-0.39, 0.29) is 0 Å². The van der Waals surface area contributed by atoms with E-state index >= 15 is 0 Å². The number of furan rings is 1. The minimum atomic E-state index is 0.486. The molecule has 0 radical (unpaired) electrons. The summed E-state index contributed by atoms with van der Waals surface area (Å²) in [6, 6.07) is 2.08. The Hall–Kier alpha value is -0.800. The zero-order valence-electron chi connectivity index (χ0n) is 10.2. The second-order valence-electron chi connectivity index (χ2n) is 4.61. The van der Waals surface area contributed by atoms with Crippen molar-refractivity contribution < 1.29 is 4.42 Å². The Balaban J connectivity index is 2.56. The van der Waals surface area contributed by atoms with Gasteiger partial charge in [0.2, 0.25) is 0 Å². The first-order valence-electron chi connectivity index (χ1n) is 5.49. The molecule has 15 heavy (non-hydrogen) atoms. The number of nitrogens with zero attached hydrogens (tertiary/aromatic N) is 1. The van der Waals surface area contributed by atoms with Crippen molar-refractivity contribution in [2.45, 2.75) is 33.9 Å². The average Bonchev–Trinajstić information content (AvgIpc) is 2.44. The molecule has 0 amide bonds. The minimum Gasteiger partial charge on any atom is -0.463 e. The van der Waals surface area contributed by atoms with Gasteiger partial charge in [0.25, 0.3) is 0 Å². The van der Waals surface area contributed by atoms with Gasteiger partial charge in [0.15, 0.2) is 0 Å². The first-order chi connectivity index (χ1) is 7.02. The Morgan fingerprint density at radius 3 is 2.60 bits per heavy atom. The summed E-state index contributed by atoms with van der Waals surface area (Å²) in [6.07, 6.45) is 0. The van der Waals surface area contributed by atoms with Gasteiger partial charge in [-0.25, -0.2) is 0 Å². The van der Waals surface area contributed by atoms with Crippen LogP contribution in [-0.2, 0) is 13.1 Å². The fourth-order valence-corrected chi connectivity index (χ4v) is 1.82. The third-order valence-electron chi connectivity index (χ3n) is 2.36. The molecule has 1 rings (SSSR count). The fraction of sp³-hybridized carbons (Fsp3) is 0.667. The Morgan fingerprint density at radius 1 is 1.47 bits per heavy atom. The van der Waals surface area contributed by atoms with Crippen molar-refractivity contribution >= 4 is 0 Å². The molecule has 0 aliphatic carbocycles. The van der Waals surface area contributed by atoms with Gasteiger partial charge in [0, 0.05) is 6.54 Å². The highest BCUT2D eigenvalue weighted by Gasteiger charge is 2.09. The topological polar surface area (TPSA) is 42.4 Å². The Morgan fingerprint density at radius 2 is 2.13 bits per heavy atom. The van der Waals surface area contributed by atoms with E-state index < -0.39 is 0 Å². The standard InChI is InChI=1S/C12H22N2O/c1-9(2)7-14(4)8-11-5-10(3)12(6-13)15-11/h5,9H,6-8,13H2,1-4H3. The highest BCUT2D eigenvalue weighted by molar-refractivity contribution is 5.19. The van der Waals surface area contributed by atoms with E-state index in [1.165, 1.54) is 0 Å². The van der Waals surface area contributed by atoms with Gasteiger partial charge >= 0.3 is 0 Å². The Bertz CT molecular complexity index is 305. The zero-order valence-corrected chi connectivity index (χ0v) is 10.2. The van der Waals surface area contributed by atoms with E-state index in [0.717, 1.165) is 30.2 Å². The Kier molecular flexibility index (Phi) is 4.36. The maximum absolute atomic E-state index is 5.65. The molecule has 0 unspecified atom stereocenters. The molecular formula is C12H22N2O. The summed E-state index contributed by atoms with van der Waals surface area (Å²) >= 11 is 0. The molecule has 0 fully saturated rings. The van der Waals surface area contributed by atoms with Crippen LogP contribution in [0.15, 0.2) is 10.5 Å². The van der Waals surface area contributed by atoms with Crippen LogP contribution in [0.2, 0.25) is 0 Å². The van der Waals surface area contributed by atoms with E-state index in [1.807, 2.05) is 6.92 Å². The molecule has 1 heterocycles. The largest absolute Gasteiger partial charge is 0.463 e. The third-order valence-corrected chi connectivity index (χ3v) is 2.36. The normalized spacial score (nSPS) is 11.7.